The molecule has 216 valence electrons. The predicted octanol–water partition coefficient (Wildman–Crippen LogP) is 7.12. The molecule has 6 rings (SSSR count). The van der Waals surface area contributed by atoms with Crippen LogP contribution in [0.5, 0.6) is 11.6 Å². The molecule has 43 heavy (non-hydrogen) atoms. The van der Waals surface area contributed by atoms with Crippen molar-refractivity contribution >= 4 is 57.2 Å². The average Bonchev–Trinajstić information content (AvgIpc) is 3.60. The van der Waals surface area contributed by atoms with Crippen molar-refractivity contribution in [2.24, 2.45) is 5.73 Å². The van der Waals surface area contributed by atoms with Crippen molar-refractivity contribution in [3.63, 3.8) is 0 Å². The monoisotopic (exact) mass is 593 g/mol. The van der Waals surface area contributed by atoms with Crippen LogP contribution in [-0.4, -0.2) is 39.2 Å². The van der Waals surface area contributed by atoms with Crippen LogP contribution < -0.4 is 20.1 Å². The van der Waals surface area contributed by atoms with Crippen molar-refractivity contribution in [2.45, 2.75) is 13.5 Å². The Hall–Kier alpha value is -5.42. The van der Waals surface area contributed by atoms with Crippen LogP contribution in [0.15, 0.2) is 91.0 Å². The summed E-state index contributed by atoms with van der Waals surface area (Å²) < 4.78 is 27.4. The number of nitrogens with zero attached hydrogens (tertiary/aromatic N) is 4. The number of hydrogen-bond donors (Lipinski definition) is 1. The van der Waals surface area contributed by atoms with Gasteiger partial charge in [0.1, 0.15) is 16.8 Å². The molecule has 0 aliphatic heterocycles. The van der Waals surface area contributed by atoms with Crippen molar-refractivity contribution in [2.75, 3.05) is 18.6 Å². The van der Waals surface area contributed by atoms with Gasteiger partial charge in [-0.25, -0.2) is 9.59 Å². The van der Waals surface area contributed by atoms with E-state index in [9.17, 15) is 9.59 Å². The Morgan fingerprint density at radius 2 is 1.67 bits per heavy atom. The number of para-hydroxylation sites is 2. The Morgan fingerprint density at radius 3 is 2.44 bits per heavy atom. The van der Waals surface area contributed by atoms with Gasteiger partial charge in [0.25, 0.3) is 0 Å². The first-order valence-electron chi connectivity index (χ1n) is 13.5. The van der Waals surface area contributed by atoms with Gasteiger partial charge in [-0.2, -0.15) is 8.75 Å². The first-order valence-corrected chi connectivity index (χ1v) is 14.2. The lowest BCUT2D eigenvalue weighted by molar-refractivity contribution is 0.101. The van der Waals surface area contributed by atoms with E-state index in [1.54, 1.807) is 26.2 Å². The Balaban J connectivity index is 1.64. The second-order valence-corrected chi connectivity index (χ2v) is 10.1. The van der Waals surface area contributed by atoms with Crippen LogP contribution >= 0.6 is 11.7 Å². The molecule has 11 heteroatoms. The minimum absolute atomic E-state index is 0.145. The highest BCUT2D eigenvalue weighted by molar-refractivity contribution is 7.00. The Labute approximate surface area is 251 Å². The molecule has 2 aromatic heterocycles. The van der Waals surface area contributed by atoms with Crippen molar-refractivity contribution in [3.8, 4) is 22.8 Å². The van der Waals surface area contributed by atoms with E-state index in [0.29, 0.717) is 34.7 Å². The van der Waals surface area contributed by atoms with E-state index in [4.69, 9.17) is 19.9 Å². The summed E-state index contributed by atoms with van der Waals surface area (Å²) in [5.74, 6) is 0.952. The number of aromatic nitrogens is 3. The van der Waals surface area contributed by atoms with E-state index in [1.165, 1.54) is 4.90 Å². The topological polar surface area (TPSA) is 122 Å². The van der Waals surface area contributed by atoms with Gasteiger partial charge in [-0.1, -0.05) is 42.5 Å². The van der Waals surface area contributed by atoms with Crippen molar-refractivity contribution in [1.29, 1.82) is 0 Å². The number of hydrogen-bond acceptors (Lipinski definition) is 8. The number of fused-ring (bicyclic) bond motifs is 2. The van der Waals surface area contributed by atoms with E-state index in [1.807, 2.05) is 83.4 Å². The first-order chi connectivity index (χ1) is 21.0. The Bertz CT molecular complexity index is 1950. The summed E-state index contributed by atoms with van der Waals surface area (Å²) in [6.07, 6.45) is -0.840. The first kappa shape index (κ1) is 27.7. The van der Waals surface area contributed by atoms with Gasteiger partial charge >= 0.3 is 12.2 Å². The maximum atomic E-state index is 12.8. The third-order valence-electron chi connectivity index (χ3n) is 7.00. The van der Waals surface area contributed by atoms with Crippen LogP contribution in [-0.2, 0) is 11.3 Å². The lowest BCUT2D eigenvalue weighted by atomic mass is 10.0. The third-order valence-corrected chi connectivity index (χ3v) is 7.55. The maximum absolute atomic E-state index is 12.8. The fraction of sp³-hybridized carbons (Fsp3) is 0.125. The number of anilines is 2. The molecular formula is C32H27N5O5S. The van der Waals surface area contributed by atoms with Crippen LogP contribution in [0.3, 0.4) is 0 Å². The minimum atomic E-state index is -0.840. The number of amides is 2. The largest absolute Gasteiger partial charge is 0.515 e. The standard InChI is InChI=1S/C32H27N5O5S/c1-3-41-32(39)42-30-29(20-13-15-25-26(17-20)35-43-34-25)24-18-23(37(31(33)38)22-10-5-4-6-11-22)14-16-27(24)36(30)19-21-9-7-8-12-28(21)40-2/h4-18H,3,19H2,1-2H3,(H2,33,38). The summed E-state index contributed by atoms with van der Waals surface area (Å²) in [6.45, 7) is 2.17. The van der Waals surface area contributed by atoms with E-state index in [0.717, 1.165) is 39.3 Å². The minimum Gasteiger partial charge on any atom is -0.496 e. The van der Waals surface area contributed by atoms with E-state index in [-0.39, 0.29) is 12.5 Å². The molecule has 0 saturated carbocycles. The van der Waals surface area contributed by atoms with Gasteiger partial charge in [0.15, 0.2) is 0 Å². The van der Waals surface area contributed by atoms with Gasteiger partial charge < -0.3 is 24.5 Å². The molecule has 2 amide bonds. The highest BCUT2D eigenvalue weighted by Crippen LogP contribution is 2.44. The van der Waals surface area contributed by atoms with Crippen LogP contribution in [0, 0.1) is 0 Å². The second kappa shape index (κ2) is 11.8. The quantitative estimate of drug-likeness (QED) is 0.186. The molecule has 0 saturated heterocycles. The number of urea groups is 1. The number of ether oxygens (including phenoxy) is 3. The van der Waals surface area contributed by atoms with Gasteiger partial charge in [0.05, 0.1) is 54.4 Å². The summed E-state index contributed by atoms with van der Waals surface area (Å²) in [4.78, 5) is 27.0. The fourth-order valence-corrected chi connectivity index (χ4v) is 5.67. The summed E-state index contributed by atoms with van der Waals surface area (Å²) in [5, 5.41) is 0.719. The van der Waals surface area contributed by atoms with Crippen LogP contribution in [0.1, 0.15) is 12.5 Å². The number of methoxy groups -OCH3 is 1. The SMILES string of the molecule is CCOC(=O)Oc1c(-c2ccc3nsnc3c2)c2cc(N(C(N)=O)c3ccccc3)ccc2n1Cc1ccccc1OC. The molecule has 0 spiro atoms. The van der Waals surface area contributed by atoms with Gasteiger partial charge in [0, 0.05) is 10.9 Å². The lowest BCUT2D eigenvalue weighted by Gasteiger charge is -2.21. The van der Waals surface area contributed by atoms with Crippen LogP contribution in [0.4, 0.5) is 21.0 Å². The third kappa shape index (κ3) is 5.33. The zero-order chi connectivity index (χ0) is 29.9. The second-order valence-electron chi connectivity index (χ2n) is 9.54. The highest BCUT2D eigenvalue weighted by atomic mass is 32.1. The number of carbonyl (C=O) groups is 2. The maximum Gasteiger partial charge on any atom is 0.515 e. The van der Waals surface area contributed by atoms with Crippen molar-refractivity contribution in [3.05, 3.63) is 96.6 Å². The van der Waals surface area contributed by atoms with Crippen LogP contribution in [0.25, 0.3) is 33.1 Å². The molecule has 0 fully saturated rings. The predicted molar refractivity (Wildman–Crippen MR) is 166 cm³/mol. The molecule has 0 aliphatic rings. The number of nitrogens with two attached hydrogens (primary N) is 1. The summed E-state index contributed by atoms with van der Waals surface area (Å²) in [5.41, 5.74) is 11.5. The number of benzene rings is 4. The van der Waals surface area contributed by atoms with Crippen LogP contribution in [0.2, 0.25) is 0 Å². The Kier molecular flexibility index (Phi) is 7.63. The van der Waals surface area contributed by atoms with Gasteiger partial charge in [-0.05, 0) is 61.0 Å². The average molecular weight is 594 g/mol. The molecule has 0 bridgehead atoms. The molecule has 0 atom stereocenters. The van der Waals surface area contributed by atoms with Gasteiger partial charge in [-0.15, -0.1) is 0 Å². The zero-order valence-corrected chi connectivity index (χ0v) is 24.2. The summed E-state index contributed by atoms with van der Waals surface area (Å²) in [6, 6.07) is 27.4. The smallest absolute Gasteiger partial charge is 0.496 e. The van der Waals surface area contributed by atoms with Crippen molar-refractivity contribution < 1.29 is 23.8 Å². The molecular weight excluding hydrogens is 566 g/mol. The van der Waals surface area contributed by atoms with Crippen molar-refractivity contribution in [1.82, 2.24) is 13.3 Å². The molecule has 4 aromatic carbocycles. The number of rotatable bonds is 8. The summed E-state index contributed by atoms with van der Waals surface area (Å²) in [7, 11) is 1.61. The van der Waals surface area contributed by atoms with E-state index in [2.05, 4.69) is 8.75 Å². The lowest BCUT2D eigenvalue weighted by Crippen LogP contribution is -2.31. The molecule has 0 unspecified atom stereocenters. The zero-order valence-electron chi connectivity index (χ0n) is 23.4. The van der Waals surface area contributed by atoms with Gasteiger partial charge in [0.2, 0.25) is 5.88 Å². The highest BCUT2D eigenvalue weighted by Gasteiger charge is 2.26. The molecule has 2 N–H and O–H groups in total. The number of primary amides is 1. The molecule has 6 aromatic rings. The Morgan fingerprint density at radius 1 is 0.907 bits per heavy atom. The normalized spacial score (nSPS) is 11.0. The number of carbonyl (C=O) groups excluding carboxylic acids is 2. The molecule has 2 heterocycles. The molecule has 0 aliphatic carbocycles. The summed E-state index contributed by atoms with van der Waals surface area (Å²) >= 11 is 1.12. The molecule has 0 radical (unpaired) electrons. The van der Waals surface area contributed by atoms with E-state index < -0.39 is 12.2 Å². The van der Waals surface area contributed by atoms with E-state index >= 15 is 0 Å². The fourth-order valence-electron chi connectivity index (χ4n) is 5.15. The molecule has 10 nitrogen and oxygen atoms in total. The van der Waals surface area contributed by atoms with Gasteiger partial charge in [-0.3, -0.25) is 4.90 Å².